The van der Waals surface area contributed by atoms with Crippen LogP contribution in [0.15, 0.2) is 24.4 Å². The zero-order valence-corrected chi connectivity index (χ0v) is 17.7. The van der Waals surface area contributed by atoms with E-state index in [0.717, 1.165) is 25.1 Å². The number of amides is 1. The summed E-state index contributed by atoms with van der Waals surface area (Å²) in [5.74, 6) is 0.0757. The molecule has 0 spiro atoms. The number of anilines is 2. The van der Waals surface area contributed by atoms with E-state index < -0.39 is 5.82 Å². The van der Waals surface area contributed by atoms with Crippen LogP contribution < -0.4 is 15.5 Å². The van der Waals surface area contributed by atoms with Gasteiger partial charge in [0.05, 0.1) is 31.1 Å². The summed E-state index contributed by atoms with van der Waals surface area (Å²) < 4.78 is 19.6. The lowest BCUT2D eigenvalue weighted by molar-refractivity contribution is 0.0957. The van der Waals surface area contributed by atoms with Crippen LogP contribution in [-0.4, -0.2) is 78.7 Å². The van der Waals surface area contributed by atoms with Crippen LogP contribution in [0, 0.1) is 5.82 Å². The third-order valence-corrected chi connectivity index (χ3v) is 5.65. The predicted molar refractivity (Wildman–Crippen MR) is 115 cm³/mol. The smallest absolute Gasteiger partial charge is 0.269 e. The van der Waals surface area contributed by atoms with Crippen molar-refractivity contribution in [2.24, 2.45) is 0 Å². The van der Waals surface area contributed by atoms with Gasteiger partial charge in [-0.05, 0) is 31.5 Å². The third kappa shape index (κ3) is 5.08. The highest BCUT2D eigenvalue weighted by molar-refractivity contribution is 5.92. The molecule has 1 amide bonds. The zero-order valence-electron chi connectivity index (χ0n) is 17.7. The molecule has 0 saturated carbocycles. The number of hydrogen-bond donors (Lipinski definition) is 2. The van der Waals surface area contributed by atoms with E-state index in [-0.39, 0.29) is 17.8 Å². The summed E-state index contributed by atoms with van der Waals surface area (Å²) in [4.78, 5) is 29.3. The number of pyridine rings is 1. The van der Waals surface area contributed by atoms with Gasteiger partial charge in [0.15, 0.2) is 11.6 Å². The third-order valence-electron chi connectivity index (χ3n) is 5.65. The van der Waals surface area contributed by atoms with Crippen LogP contribution in [0.4, 0.5) is 16.2 Å². The molecule has 0 aromatic carbocycles. The fourth-order valence-corrected chi connectivity index (χ4v) is 4.04. The van der Waals surface area contributed by atoms with Crippen molar-refractivity contribution in [2.45, 2.75) is 18.9 Å². The minimum absolute atomic E-state index is 0.144. The fraction of sp³-hybridized carbons (Fsp3) is 0.524. The Kier molecular flexibility index (Phi) is 6.88. The van der Waals surface area contributed by atoms with Gasteiger partial charge in [-0.2, -0.15) is 4.98 Å². The van der Waals surface area contributed by atoms with Gasteiger partial charge in [-0.15, -0.1) is 0 Å². The maximum absolute atomic E-state index is 14.2. The van der Waals surface area contributed by atoms with Gasteiger partial charge in [-0.25, -0.2) is 14.4 Å². The second-order valence-corrected chi connectivity index (χ2v) is 7.61. The molecule has 1 unspecified atom stereocenters. The number of nitrogens with zero attached hydrogens (tertiary/aromatic N) is 5. The molecule has 2 fully saturated rings. The molecule has 2 saturated heterocycles. The van der Waals surface area contributed by atoms with E-state index in [1.165, 1.54) is 6.20 Å². The molecule has 4 rings (SSSR count). The molecule has 2 aliphatic rings. The highest BCUT2D eigenvalue weighted by Gasteiger charge is 2.27. The van der Waals surface area contributed by atoms with Gasteiger partial charge >= 0.3 is 0 Å². The average Bonchev–Trinajstić information content (AvgIpc) is 3.29. The van der Waals surface area contributed by atoms with Gasteiger partial charge in [0.25, 0.3) is 5.91 Å². The lowest BCUT2D eigenvalue weighted by Gasteiger charge is -2.27. The fourth-order valence-electron chi connectivity index (χ4n) is 4.04. The van der Waals surface area contributed by atoms with E-state index in [1.807, 2.05) is 17.0 Å². The lowest BCUT2D eigenvalue weighted by atomic mass is 10.1. The van der Waals surface area contributed by atoms with Crippen LogP contribution in [0.1, 0.15) is 35.1 Å². The van der Waals surface area contributed by atoms with Crippen molar-refractivity contribution in [3.8, 4) is 0 Å². The summed E-state index contributed by atoms with van der Waals surface area (Å²) in [6, 6.07) is 5.69. The summed E-state index contributed by atoms with van der Waals surface area (Å²) in [5, 5.41) is 5.73. The number of carbonyl (C=O) groups is 1. The highest BCUT2D eigenvalue weighted by Crippen LogP contribution is 2.30. The Hall–Kier alpha value is -2.85. The van der Waals surface area contributed by atoms with Crippen LogP contribution in [0.5, 0.6) is 0 Å². The van der Waals surface area contributed by atoms with Crippen LogP contribution in [0.25, 0.3) is 0 Å². The van der Waals surface area contributed by atoms with Gasteiger partial charge in [-0.3, -0.25) is 9.69 Å². The molecular formula is C21H28FN7O2. The second-order valence-electron chi connectivity index (χ2n) is 7.61. The zero-order chi connectivity index (χ0) is 21.6. The van der Waals surface area contributed by atoms with Crippen molar-refractivity contribution in [3.05, 3.63) is 41.6 Å². The first kappa shape index (κ1) is 21.4. The minimum Gasteiger partial charge on any atom is -0.378 e. The molecule has 4 heterocycles. The van der Waals surface area contributed by atoms with E-state index in [2.05, 4.69) is 30.5 Å². The molecule has 1 atom stereocenters. The average molecular weight is 430 g/mol. The van der Waals surface area contributed by atoms with Gasteiger partial charge in [-0.1, -0.05) is 6.07 Å². The molecule has 2 aromatic heterocycles. The van der Waals surface area contributed by atoms with Crippen LogP contribution in [0.3, 0.4) is 0 Å². The molecule has 2 aliphatic heterocycles. The van der Waals surface area contributed by atoms with Crippen LogP contribution in [0.2, 0.25) is 0 Å². The van der Waals surface area contributed by atoms with Crippen molar-refractivity contribution < 1.29 is 13.9 Å². The number of rotatable bonds is 7. The predicted octanol–water partition coefficient (Wildman–Crippen LogP) is 1.46. The molecule has 0 aliphatic carbocycles. The first-order valence-corrected chi connectivity index (χ1v) is 10.7. The molecule has 0 bridgehead atoms. The number of nitrogens with one attached hydrogen (secondary N) is 2. The molecule has 2 aromatic rings. The Labute approximate surface area is 181 Å². The van der Waals surface area contributed by atoms with E-state index >= 15 is 0 Å². The van der Waals surface area contributed by atoms with Gasteiger partial charge in [0.1, 0.15) is 5.69 Å². The van der Waals surface area contributed by atoms with Crippen molar-refractivity contribution in [3.63, 3.8) is 0 Å². The first-order valence-electron chi connectivity index (χ1n) is 10.7. The lowest BCUT2D eigenvalue weighted by Crippen LogP contribution is -2.37. The Bertz CT molecular complexity index is 907. The highest BCUT2D eigenvalue weighted by atomic mass is 19.1. The minimum atomic E-state index is -0.463. The van der Waals surface area contributed by atoms with Crippen molar-refractivity contribution in [2.75, 3.05) is 63.2 Å². The summed E-state index contributed by atoms with van der Waals surface area (Å²) in [5.41, 5.74) is 1.31. The molecule has 10 heteroatoms. The van der Waals surface area contributed by atoms with E-state index in [1.54, 1.807) is 13.1 Å². The largest absolute Gasteiger partial charge is 0.378 e. The Balaban J connectivity index is 1.37. The summed E-state index contributed by atoms with van der Waals surface area (Å²) in [7, 11) is 1.60. The first-order chi connectivity index (χ1) is 15.2. The Morgan fingerprint density at radius 3 is 2.90 bits per heavy atom. The number of aromatic nitrogens is 3. The van der Waals surface area contributed by atoms with Gasteiger partial charge in [0.2, 0.25) is 5.95 Å². The second kappa shape index (κ2) is 9.97. The van der Waals surface area contributed by atoms with Crippen molar-refractivity contribution in [1.82, 2.24) is 25.2 Å². The quantitative estimate of drug-likeness (QED) is 0.683. The number of morpholine rings is 1. The number of hydrogen-bond acceptors (Lipinski definition) is 8. The van der Waals surface area contributed by atoms with Crippen LogP contribution >= 0.6 is 0 Å². The molecule has 31 heavy (non-hydrogen) atoms. The van der Waals surface area contributed by atoms with Crippen molar-refractivity contribution in [1.29, 1.82) is 0 Å². The molecule has 9 nitrogen and oxygen atoms in total. The maximum atomic E-state index is 14.2. The molecular weight excluding hydrogens is 401 g/mol. The van der Waals surface area contributed by atoms with E-state index in [9.17, 15) is 9.18 Å². The maximum Gasteiger partial charge on any atom is 0.269 e. The van der Waals surface area contributed by atoms with Crippen LogP contribution in [-0.2, 0) is 4.74 Å². The normalized spacial score (nSPS) is 19.4. The SMILES string of the molecule is CNC(=O)c1cccc(C2CCCN2CCNc2nc(N3CCOCC3)ncc2F)n1. The summed E-state index contributed by atoms with van der Waals surface area (Å²) in [6.45, 7) is 4.83. The molecule has 166 valence electrons. The van der Waals surface area contributed by atoms with E-state index in [4.69, 9.17) is 4.74 Å². The number of carbonyl (C=O) groups excluding carboxylic acids is 1. The number of ether oxygens (including phenoxy) is 1. The standard InChI is InChI=1S/C21H28FN7O2/c1-23-20(30)17-5-2-4-16(26-17)18-6-3-8-28(18)9-7-24-19-15(22)14-25-21(27-19)29-10-12-31-13-11-29/h2,4-5,14,18H,3,6-13H2,1H3,(H,23,30)(H,24,25,27). The van der Waals surface area contributed by atoms with Gasteiger partial charge < -0.3 is 20.3 Å². The Morgan fingerprint density at radius 1 is 1.26 bits per heavy atom. The topological polar surface area (TPSA) is 95.5 Å². The van der Waals surface area contributed by atoms with Gasteiger partial charge in [0, 0.05) is 33.2 Å². The summed E-state index contributed by atoms with van der Waals surface area (Å²) >= 11 is 0. The molecule has 0 radical (unpaired) electrons. The van der Waals surface area contributed by atoms with Crippen molar-refractivity contribution >= 4 is 17.7 Å². The molecule has 2 N–H and O–H groups in total. The van der Waals surface area contributed by atoms with E-state index in [0.29, 0.717) is 51.0 Å². The monoisotopic (exact) mass is 429 g/mol. The number of likely N-dealkylation sites (tertiary alicyclic amines) is 1. The summed E-state index contributed by atoms with van der Waals surface area (Å²) in [6.07, 6.45) is 3.25. The number of halogens is 1. The Morgan fingerprint density at radius 2 is 2.10 bits per heavy atom.